The molecule has 1 spiro atoms. The van der Waals surface area contributed by atoms with Crippen LogP contribution in [0.5, 0.6) is 5.75 Å². The van der Waals surface area contributed by atoms with Crippen molar-refractivity contribution in [2.75, 3.05) is 0 Å². The average Bonchev–Trinajstić information content (AvgIpc) is 2.41. The first-order valence-corrected chi connectivity index (χ1v) is 5.04. The average molecular weight is 174 g/mol. The lowest BCUT2D eigenvalue weighted by molar-refractivity contribution is -0.0248. The van der Waals surface area contributed by atoms with E-state index in [1.165, 1.54) is 18.4 Å². The molecule has 0 amide bonds. The molecule has 1 fully saturated rings. The summed E-state index contributed by atoms with van der Waals surface area (Å²) in [6.07, 6.45) is 3.61. The third-order valence-electron chi connectivity index (χ3n) is 3.25. The van der Waals surface area contributed by atoms with Crippen molar-refractivity contribution >= 4 is 0 Å². The lowest BCUT2D eigenvalue weighted by Crippen LogP contribution is -2.46. The first-order chi connectivity index (χ1) is 6.27. The van der Waals surface area contributed by atoms with E-state index in [-0.39, 0.29) is 5.60 Å². The summed E-state index contributed by atoms with van der Waals surface area (Å²) in [5.74, 6) is 1.98. The van der Waals surface area contributed by atoms with E-state index < -0.39 is 0 Å². The molecule has 1 heteroatoms. The number of benzene rings is 1. The Balaban J connectivity index is 1.90. The molecule has 2 aliphatic rings. The molecule has 13 heavy (non-hydrogen) atoms. The highest BCUT2D eigenvalue weighted by Gasteiger charge is 2.48. The summed E-state index contributed by atoms with van der Waals surface area (Å²) in [5.41, 5.74) is 1.60. The monoisotopic (exact) mass is 174 g/mol. The van der Waals surface area contributed by atoms with Crippen molar-refractivity contribution in [1.29, 1.82) is 0 Å². The van der Waals surface area contributed by atoms with Gasteiger partial charge in [-0.05, 0) is 30.4 Å². The van der Waals surface area contributed by atoms with E-state index in [2.05, 4.69) is 31.2 Å². The highest BCUT2D eigenvalue weighted by Crippen LogP contribution is 2.48. The zero-order valence-electron chi connectivity index (χ0n) is 7.92. The van der Waals surface area contributed by atoms with Crippen LogP contribution >= 0.6 is 0 Å². The van der Waals surface area contributed by atoms with Gasteiger partial charge in [0.25, 0.3) is 0 Å². The van der Waals surface area contributed by atoms with Gasteiger partial charge in [0.15, 0.2) is 0 Å². The molecule has 3 rings (SSSR count). The van der Waals surface area contributed by atoms with E-state index in [1.807, 2.05) is 0 Å². The number of para-hydroxylation sites is 1. The largest absolute Gasteiger partial charge is 0.487 e. The van der Waals surface area contributed by atoms with Gasteiger partial charge in [0.2, 0.25) is 0 Å². The minimum atomic E-state index is 0.198. The van der Waals surface area contributed by atoms with Gasteiger partial charge in [-0.3, -0.25) is 0 Å². The van der Waals surface area contributed by atoms with E-state index in [0.29, 0.717) is 0 Å². The van der Waals surface area contributed by atoms with Crippen LogP contribution in [0, 0.1) is 5.92 Å². The van der Waals surface area contributed by atoms with Gasteiger partial charge in [0.05, 0.1) is 0 Å². The summed E-state index contributed by atoms with van der Waals surface area (Å²) in [7, 11) is 0. The Kier molecular flexibility index (Phi) is 1.30. The SMILES string of the molecule is CC1CC2(Cc3ccccc3O2)C1. The third kappa shape index (κ3) is 0.995. The second-order valence-electron chi connectivity index (χ2n) is 4.58. The molecule has 0 radical (unpaired) electrons. The smallest absolute Gasteiger partial charge is 0.123 e. The predicted molar refractivity (Wildman–Crippen MR) is 51.9 cm³/mol. The van der Waals surface area contributed by atoms with Gasteiger partial charge in [0, 0.05) is 6.42 Å². The minimum Gasteiger partial charge on any atom is -0.487 e. The summed E-state index contributed by atoms with van der Waals surface area (Å²) < 4.78 is 6.00. The second kappa shape index (κ2) is 2.28. The van der Waals surface area contributed by atoms with Crippen LogP contribution in [0.1, 0.15) is 25.3 Å². The highest BCUT2D eigenvalue weighted by atomic mass is 16.5. The number of ether oxygens (including phenoxy) is 1. The molecule has 0 aromatic heterocycles. The molecule has 1 saturated carbocycles. The fourth-order valence-electron chi connectivity index (χ4n) is 2.80. The molecular weight excluding hydrogens is 160 g/mol. The Morgan fingerprint density at radius 3 is 2.77 bits per heavy atom. The summed E-state index contributed by atoms with van der Waals surface area (Å²) in [6.45, 7) is 2.30. The molecule has 1 nitrogen and oxygen atoms in total. The molecule has 1 aromatic rings. The van der Waals surface area contributed by atoms with Crippen LogP contribution < -0.4 is 4.74 Å². The second-order valence-corrected chi connectivity index (χ2v) is 4.58. The van der Waals surface area contributed by atoms with Crippen LogP contribution in [0.25, 0.3) is 0 Å². The van der Waals surface area contributed by atoms with Gasteiger partial charge in [-0.2, -0.15) is 0 Å². The van der Waals surface area contributed by atoms with Crippen molar-refractivity contribution in [1.82, 2.24) is 0 Å². The number of fused-ring (bicyclic) bond motifs is 1. The minimum absolute atomic E-state index is 0.198. The standard InChI is InChI=1S/C12H14O/c1-9-6-12(7-9)8-10-4-2-3-5-11(10)13-12/h2-5,9H,6-8H2,1H3. The molecule has 0 bridgehead atoms. The van der Waals surface area contributed by atoms with E-state index >= 15 is 0 Å². The van der Waals surface area contributed by atoms with Gasteiger partial charge in [-0.25, -0.2) is 0 Å². The van der Waals surface area contributed by atoms with Crippen LogP contribution in [0.3, 0.4) is 0 Å². The van der Waals surface area contributed by atoms with Gasteiger partial charge < -0.3 is 4.74 Å². The topological polar surface area (TPSA) is 9.23 Å². The van der Waals surface area contributed by atoms with Crippen LogP contribution in [-0.2, 0) is 6.42 Å². The van der Waals surface area contributed by atoms with Gasteiger partial charge >= 0.3 is 0 Å². The molecule has 0 saturated heterocycles. The van der Waals surface area contributed by atoms with Crippen molar-refractivity contribution in [2.45, 2.75) is 31.8 Å². The molecule has 1 heterocycles. The Hall–Kier alpha value is -0.980. The third-order valence-corrected chi connectivity index (χ3v) is 3.25. The number of hydrogen-bond donors (Lipinski definition) is 0. The maximum absolute atomic E-state index is 6.00. The molecule has 1 aromatic carbocycles. The molecule has 1 aliphatic heterocycles. The van der Waals surface area contributed by atoms with Crippen LogP contribution in [0.15, 0.2) is 24.3 Å². The van der Waals surface area contributed by atoms with Gasteiger partial charge in [-0.15, -0.1) is 0 Å². The van der Waals surface area contributed by atoms with E-state index in [4.69, 9.17) is 4.74 Å². The Morgan fingerprint density at radius 2 is 2.08 bits per heavy atom. The molecule has 0 N–H and O–H groups in total. The van der Waals surface area contributed by atoms with Crippen LogP contribution in [-0.4, -0.2) is 5.60 Å². The van der Waals surface area contributed by atoms with E-state index in [9.17, 15) is 0 Å². The van der Waals surface area contributed by atoms with Gasteiger partial charge in [-0.1, -0.05) is 25.1 Å². The Morgan fingerprint density at radius 1 is 1.31 bits per heavy atom. The summed E-state index contributed by atoms with van der Waals surface area (Å²) in [5, 5.41) is 0. The van der Waals surface area contributed by atoms with Crippen LogP contribution in [0.2, 0.25) is 0 Å². The molecule has 0 unspecified atom stereocenters. The lowest BCUT2D eigenvalue weighted by atomic mass is 9.70. The Labute approximate surface area is 78.7 Å². The van der Waals surface area contributed by atoms with E-state index in [1.54, 1.807) is 0 Å². The fourth-order valence-corrected chi connectivity index (χ4v) is 2.80. The molecular formula is C12H14O. The van der Waals surface area contributed by atoms with Gasteiger partial charge in [0.1, 0.15) is 11.4 Å². The van der Waals surface area contributed by atoms with Crippen molar-refractivity contribution in [2.24, 2.45) is 5.92 Å². The van der Waals surface area contributed by atoms with Crippen molar-refractivity contribution in [3.63, 3.8) is 0 Å². The van der Waals surface area contributed by atoms with Crippen molar-refractivity contribution in [3.8, 4) is 5.75 Å². The predicted octanol–water partition coefficient (Wildman–Crippen LogP) is 2.79. The first kappa shape index (κ1) is 7.43. The molecule has 0 atom stereocenters. The zero-order chi connectivity index (χ0) is 8.89. The normalized spacial score (nSPS) is 35.3. The number of hydrogen-bond acceptors (Lipinski definition) is 1. The van der Waals surface area contributed by atoms with Crippen LogP contribution in [0.4, 0.5) is 0 Å². The van der Waals surface area contributed by atoms with Crippen molar-refractivity contribution < 1.29 is 4.74 Å². The maximum atomic E-state index is 6.00. The molecule has 68 valence electrons. The summed E-state index contributed by atoms with van der Waals surface area (Å²) in [4.78, 5) is 0. The Bertz CT molecular complexity index is 310. The lowest BCUT2D eigenvalue weighted by Gasteiger charge is -2.42. The fraction of sp³-hybridized carbons (Fsp3) is 0.500. The first-order valence-electron chi connectivity index (χ1n) is 5.04. The zero-order valence-corrected chi connectivity index (χ0v) is 7.92. The number of rotatable bonds is 0. The summed E-state index contributed by atoms with van der Waals surface area (Å²) in [6, 6.07) is 8.43. The molecule has 1 aliphatic carbocycles. The maximum Gasteiger partial charge on any atom is 0.123 e. The quantitative estimate of drug-likeness (QED) is 0.587. The van der Waals surface area contributed by atoms with E-state index in [0.717, 1.165) is 18.1 Å². The highest BCUT2D eigenvalue weighted by molar-refractivity contribution is 5.40. The summed E-state index contributed by atoms with van der Waals surface area (Å²) >= 11 is 0. The van der Waals surface area contributed by atoms with Crippen molar-refractivity contribution in [3.05, 3.63) is 29.8 Å².